The average Bonchev–Trinajstić information content (AvgIpc) is 2.77. The zero-order valence-corrected chi connectivity index (χ0v) is 10.4. The fourth-order valence-electron chi connectivity index (χ4n) is 2.06. The number of carbonyl (C=O) groups is 1. The maximum Gasteiger partial charge on any atom is 0.176 e. The number of imidazole rings is 1. The van der Waals surface area contributed by atoms with Crippen LogP contribution in [0.25, 0.3) is 22.4 Å². The van der Waals surface area contributed by atoms with Gasteiger partial charge >= 0.3 is 0 Å². The molecule has 1 aromatic heterocycles. The fourth-order valence-corrected chi connectivity index (χ4v) is 2.06. The fraction of sp³-hybridized carbons (Fsp3) is 0.0667. The molecule has 0 unspecified atom stereocenters. The molecule has 3 aromatic rings. The van der Waals surface area contributed by atoms with Gasteiger partial charge in [0, 0.05) is 11.1 Å². The third-order valence-electron chi connectivity index (χ3n) is 3.07. The molecular weight excluding hydrogens is 240 g/mol. The van der Waals surface area contributed by atoms with Crippen molar-refractivity contribution in [3.63, 3.8) is 0 Å². The molecule has 0 saturated heterocycles. The number of carbonyl (C=O) groups excluding carboxylic acids is 1. The molecule has 0 aliphatic carbocycles. The molecule has 0 atom stereocenters. The molecule has 1 N–H and O–H groups in total. The molecule has 0 fully saturated rings. The highest BCUT2D eigenvalue weighted by Gasteiger charge is 2.12. The van der Waals surface area contributed by atoms with Crippen molar-refractivity contribution in [2.75, 3.05) is 0 Å². The van der Waals surface area contributed by atoms with E-state index < -0.39 is 0 Å². The largest absolute Gasteiger partial charge is 0.426 e. The second kappa shape index (κ2) is 4.24. The van der Waals surface area contributed by atoms with Gasteiger partial charge in [0.25, 0.3) is 0 Å². The van der Waals surface area contributed by atoms with Gasteiger partial charge in [0.05, 0.1) is 5.52 Å². The highest BCUT2D eigenvalue weighted by Crippen LogP contribution is 2.24. The molecule has 94 valence electrons. The van der Waals surface area contributed by atoms with E-state index in [0.717, 1.165) is 10.3 Å². The summed E-state index contributed by atoms with van der Waals surface area (Å²) >= 11 is 0. The lowest BCUT2D eigenvalue weighted by atomic mass is 10.1. The average molecular weight is 252 g/mol. The van der Waals surface area contributed by atoms with Crippen LogP contribution in [0.5, 0.6) is 0 Å². The van der Waals surface area contributed by atoms with Crippen molar-refractivity contribution in [2.45, 2.75) is 6.92 Å². The maximum absolute atomic E-state index is 11.4. The minimum Gasteiger partial charge on any atom is -0.426 e. The Hall–Kier alpha value is -2.62. The van der Waals surface area contributed by atoms with Gasteiger partial charge in [0.1, 0.15) is 5.52 Å². The number of hydrogen-bond donors (Lipinski definition) is 1. The standard InChI is InChI=1S/C15H12N2O2/c1-10(18)12-7-8-13-14(9-12)17(19)15(16-13)11-5-3-2-4-6-11/h2-9,19H,1H3. The lowest BCUT2D eigenvalue weighted by Gasteiger charge is -2.00. The van der Waals surface area contributed by atoms with Crippen molar-refractivity contribution in [3.05, 3.63) is 54.1 Å². The van der Waals surface area contributed by atoms with Crippen LogP contribution in [0, 0.1) is 0 Å². The van der Waals surface area contributed by atoms with Crippen molar-refractivity contribution in [3.8, 4) is 11.4 Å². The maximum atomic E-state index is 11.4. The highest BCUT2D eigenvalue weighted by atomic mass is 16.5. The highest BCUT2D eigenvalue weighted by molar-refractivity contribution is 5.97. The molecule has 0 bridgehead atoms. The van der Waals surface area contributed by atoms with Crippen LogP contribution in [0.1, 0.15) is 17.3 Å². The molecule has 1 heterocycles. The lowest BCUT2D eigenvalue weighted by molar-refractivity contribution is 0.101. The Morgan fingerprint density at radius 1 is 1.16 bits per heavy atom. The first-order valence-corrected chi connectivity index (χ1v) is 5.95. The van der Waals surface area contributed by atoms with E-state index in [9.17, 15) is 10.0 Å². The first-order valence-electron chi connectivity index (χ1n) is 5.95. The van der Waals surface area contributed by atoms with Gasteiger partial charge in [-0.15, -0.1) is 0 Å². The number of aromatic nitrogens is 2. The van der Waals surface area contributed by atoms with E-state index in [-0.39, 0.29) is 5.78 Å². The molecule has 0 amide bonds. The third-order valence-corrected chi connectivity index (χ3v) is 3.07. The van der Waals surface area contributed by atoms with E-state index in [1.807, 2.05) is 30.3 Å². The number of Topliss-reactive ketones (excluding diaryl/α,β-unsaturated/α-hetero) is 1. The SMILES string of the molecule is CC(=O)c1ccc2nc(-c3ccccc3)n(O)c2c1. The monoisotopic (exact) mass is 252 g/mol. The summed E-state index contributed by atoms with van der Waals surface area (Å²) in [6.45, 7) is 1.50. The van der Waals surface area contributed by atoms with Gasteiger partial charge in [-0.3, -0.25) is 4.79 Å². The number of nitrogens with zero attached hydrogens (tertiary/aromatic N) is 2. The molecule has 0 aliphatic rings. The van der Waals surface area contributed by atoms with E-state index >= 15 is 0 Å². The van der Waals surface area contributed by atoms with Crippen molar-refractivity contribution < 1.29 is 10.0 Å². The first-order chi connectivity index (χ1) is 9.16. The molecule has 4 nitrogen and oxygen atoms in total. The van der Waals surface area contributed by atoms with Gasteiger partial charge in [-0.1, -0.05) is 30.3 Å². The Morgan fingerprint density at radius 3 is 2.58 bits per heavy atom. The first kappa shape index (κ1) is 11.5. The molecular formula is C15H12N2O2. The Balaban J connectivity index is 2.24. The van der Waals surface area contributed by atoms with Crippen LogP contribution < -0.4 is 0 Å². The molecule has 3 rings (SSSR count). The molecule has 19 heavy (non-hydrogen) atoms. The Kier molecular flexibility index (Phi) is 2.56. The van der Waals surface area contributed by atoms with Crippen LogP contribution in [0.4, 0.5) is 0 Å². The summed E-state index contributed by atoms with van der Waals surface area (Å²) < 4.78 is 1.02. The molecule has 0 spiro atoms. The zero-order valence-electron chi connectivity index (χ0n) is 10.4. The number of rotatable bonds is 2. The van der Waals surface area contributed by atoms with Crippen molar-refractivity contribution >= 4 is 16.8 Å². The summed E-state index contributed by atoms with van der Waals surface area (Å²) in [5, 5.41) is 10.2. The Labute approximate surface area is 109 Å². The van der Waals surface area contributed by atoms with Crippen LogP contribution >= 0.6 is 0 Å². The van der Waals surface area contributed by atoms with Gasteiger partial charge in [0.2, 0.25) is 0 Å². The van der Waals surface area contributed by atoms with Crippen LogP contribution in [0.3, 0.4) is 0 Å². The van der Waals surface area contributed by atoms with Crippen LogP contribution in [-0.2, 0) is 0 Å². The summed E-state index contributed by atoms with van der Waals surface area (Å²) in [6.07, 6.45) is 0. The van der Waals surface area contributed by atoms with Crippen LogP contribution in [0.2, 0.25) is 0 Å². The molecule has 0 aliphatic heterocycles. The normalized spacial score (nSPS) is 10.8. The van der Waals surface area contributed by atoms with Gasteiger partial charge in [-0.25, -0.2) is 4.98 Å². The quantitative estimate of drug-likeness (QED) is 0.563. The summed E-state index contributed by atoms with van der Waals surface area (Å²) in [6, 6.07) is 14.5. The summed E-state index contributed by atoms with van der Waals surface area (Å²) in [5.41, 5.74) is 2.57. The van der Waals surface area contributed by atoms with Gasteiger partial charge in [-0.2, -0.15) is 4.73 Å². The summed E-state index contributed by atoms with van der Waals surface area (Å²) in [4.78, 5) is 15.8. The van der Waals surface area contributed by atoms with E-state index in [2.05, 4.69) is 4.98 Å². The zero-order chi connectivity index (χ0) is 13.4. The minimum atomic E-state index is -0.0376. The smallest absolute Gasteiger partial charge is 0.176 e. The number of fused-ring (bicyclic) bond motifs is 1. The predicted octanol–water partition coefficient (Wildman–Crippen LogP) is 3.14. The lowest BCUT2D eigenvalue weighted by Crippen LogP contribution is -1.96. The van der Waals surface area contributed by atoms with E-state index in [1.165, 1.54) is 6.92 Å². The second-order valence-corrected chi connectivity index (χ2v) is 4.37. The van der Waals surface area contributed by atoms with Gasteiger partial charge in [0.15, 0.2) is 11.6 Å². The number of hydrogen-bond acceptors (Lipinski definition) is 3. The topological polar surface area (TPSA) is 55.1 Å². The van der Waals surface area contributed by atoms with Gasteiger partial charge in [-0.05, 0) is 25.1 Å². The number of benzene rings is 2. The minimum absolute atomic E-state index is 0.0376. The number of ketones is 1. The van der Waals surface area contributed by atoms with Crippen molar-refractivity contribution in [1.82, 2.24) is 9.71 Å². The second-order valence-electron chi connectivity index (χ2n) is 4.37. The van der Waals surface area contributed by atoms with Crippen molar-refractivity contribution in [1.29, 1.82) is 0 Å². The van der Waals surface area contributed by atoms with Crippen molar-refractivity contribution in [2.24, 2.45) is 0 Å². The van der Waals surface area contributed by atoms with Crippen LogP contribution in [0.15, 0.2) is 48.5 Å². The summed E-state index contributed by atoms with van der Waals surface area (Å²) in [7, 11) is 0. The third kappa shape index (κ3) is 1.87. The van der Waals surface area contributed by atoms with E-state index in [4.69, 9.17) is 0 Å². The van der Waals surface area contributed by atoms with E-state index in [0.29, 0.717) is 22.4 Å². The Bertz CT molecular complexity index is 760. The molecule has 0 radical (unpaired) electrons. The molecule has 0 saturated carbocycles. The predicted molar refractivity (Wildman–Crippen MR) is 72.4 cm³/mol. The van der Waals surface area contributed by atoms with Crippen LogP contribution in [-0.4, -0.2) is 20.7 Å². The molecule has 4 heteroatoms. The summed E-state index contributed by atoms with van der Waals surface area (Å²) in [5.74, 6) is 0.431. The van der Waals surface area contributed by atoms with E-state index in [1.54, 1.807) is 18.2 Å². The van der Waals surface area contributed by atoms with Gasteiger partial charge < -0.3 is 5.21 Å². The Morgan fingerprint density at radius 2 is 1.89 bits per heavy atom. The molecule has 2 aromatic carbocycles.